The normalized spacial score (nSPS) is 20.6. The minimum atomic E-state index is -3.50. The molecular formula is C13H13FN4O3S. The molecule has 0 spiro atoms. The third-order valence-electron chi connectivity index (χ3n) is 3.46. The summed E-state index contributed by atoms with van der Waals surface area (Å²) in [6.45, 7) is 0. The van der Waals surface area contributed by atoms with Gasteiger partial charge in [-0.05, 0) is 30.0 Å². The third-order valence-corrected chi connectivity index (χ3v) is 4.34. The fourth-order valence-corrected chi connectivity index (χ4v) is 2.73. The fourth-order valence-electron chi connectivity index (χ4n) is 2.26. The highest BCUT2D eigenvalue weighted by Gasteiger charge is 2.44. The van der Waals surface area contributed by atoms with Crippen LogP contribution < -0.4 is 5.32 Å². The molecule has 1 aliphatic carbocycles. The second kappa shape index (κ2) is 5.16. The number of nitrogens with one attached hydrogen (secondary N) is 2. The molecular weight excluding hydrogens is 311 g/mol. The van der Waals surface area contributed by atoms with E-state index in [0.29, 0.717) is 6.42 Å². The predicted molar refractivity (Wildman–Crippen MR) is 75.4 cm³/mol. The molecule has 116 valence electrons. The summed E-state index contributed by atoms with van der Waals surface area (Å²) < 4.78 is 35.7. The van der Waals surface area contributed by atoms with Gasteiger partial charge in [0.2, 0.25) is 26.8 Å². The van der Waals surface area contributed by atoms with Crippen LogP contribution in [0.4, 0.5) is 10.3 Å². The Hall–Kier alpha value is -2.29. The number of sulfone groups is 1. The van der Waals surface area contributed by atoms with Gasteiger partial charge in [-0.25, -0.2) is 17.9 Å². The number of aromatic nitrogens is 3. The molecule has 0 radical (unpaired) electrons. The Balaban J connectivity index is 1.66. The lowest BCUT2D eigenvalue weighted by Crippen LogP contribution is -2.15. The van der Waals surface area contributed by atoms with Gasteiger partial charge in [0.15, 0.2) is 0 Å². The first kappa shape index (κ1) is 14.6. The number of halogens is 1. The van der Waals surface area contributed by atoms with Gasteiger partial charge < -0.3 is 0 Å². The lowest BCUT2D eigenvalue weighted by molar-refractivity contribution is -0.117. The van der Waals surface area contributed by atoms with Gasteiger partial charge in [-0.1, -0.05) is 12.1 Å². The number of aromatic amines is 1. The van der Waals surface area contributed by atoms with Crippen LogP contribution in [0.3, 0.4) is 0 Å². The van der Waals surface area contributed by atoms with E-state index in [4.69, 9.17) is 0 Å². The Morgan fingerprint density at radius 2 is 2.23 bits per heavy atom. The molecule has 1 fully saturated rings. The SMILES string of the molecule is CS(=O)(=O)c1nc(NC(=O)[C@H]2C[C@@H]2c2cccc(F)c2)n[nH]1. The standard InChI is InChI=1S/C13H13FN4O3S/c1-22(20,21)13-16-12(17-18-13)15-11(19)10-6-9(10)7-3-2-4-8(14)5-7/h2-5,9-10H,6H2,1H3,(H2,15,16,17,18,19)/t9-,10+/m1/s1. The predicted octanol–water partition coefficient (Wildman–Crippen LogP) is 1.09. The van der Waals surface area contributed by atoms with Crippen molar-refractivity contribution in [2.75, 3.05) is 11.6 Å². The van der Waals surface area contributed by atoms with Gasteiger partial charge in [0.1, 0.15) is 5.82 Å². The van der Waals surface area contributed by atoms with Crippen LogP contribution in [0.1, 0.15) is 17.9 Å². The number of rotatable bonds is 4. The molecule has 0 saturated heterocycles. The highest BCUT2D eigenvalue weighted by Crippen LogP contribution is 2.47. The first-order valence-corrected chi connectivity index (χ1v) is 8.42. The van der Waals surface area contributed by atoms with Crippen molar-refractivity contribution in [1.29, 1.82) is 0 Å². The molecule has 0 aliphatic heterocycles. The second-order valence-corrected chi connectivity index (χ2v) is 7.16. The van der Waals surface area contributed by atoms with E-state index < -0.39 is 9.84 Å². The lowest BCUT2D eigenvalue weighted by atomic mass is 10.1. The van der Waals surface area contributed by atoms with Crippen LogP contribution in [0.15, 0.2) is 29.4 Å². The van der Waals surface area contributed by atoms with E-state index in [-0.39, 0.29) is 34.7 Å². The number of H-pyrrole nitrogens is 1. The van der Waals surface area contributed by atoms with E-state index in [0.717, 1.165) is 11.8 Å². The zero-order valence-electron chi connectivity index (χ0n) is 11.6. The lowest BCUT2D eigenvalue weighted by Gasteiger charge is -2.01. The zero-order chi connectivity index (χ0) is 15.9. The molecule has 1 aromatic heterocycles. The van der Waals surface area contributed by atoms with Crippen LogP contribution in [0, 0.1) is 11.7 Å². The number of amides is 1. The molecule has 0 unspecified atom stereocenters. The number of hydrogen-bond acceptors (Lipinski definition) is 5. The molecule has 1 aliphatic rings. The molecule has 1 heterocycles. The van der Waals surface area contributed by atoms with Gasteiger partial charge in [0.05, 0.1) is 0 Å². The summed E-state index contributed by atoms with van der Waals surface area (Å²) in [6.07, 6.45) is 1.60. The highest BCUT2D eigenvalue weighted by molar-refractivity contribution is 7.90. The van der Waals surface area contributed by atoms with Crippen molar-refractivity contribution in [1.82, 2.24) is 15.2 Å². The van der Waals surface area contributed by atoms with Gasteiger partial charge in [0.25, 0.3) is 0 Å². The second-order valence-electron chi connectivity index (χ2n) is 5.23. The van der Waals surface area contributed by atoms with Crippen molar-refractivity contribution >= 4 is 21.7 Å². The topological polar surface area (TPSA) is 105 Å². The molecule has 1 amide bonds. The van der Waals surface area contributed by atoms with Crippen molar-refractivity contribution < 1.29 is 17.6 Å². The monoisotopic (exact) mass is 324 g/mol. The van der Waals surface area contributed by atoms with E-state index in [1.807, 2.05) is 0 Å². The van der Waals surface area contributed by atoms with Crippen LogP contribution in [-0.2, 0) is 14.6 Å². The number of anilines is 1. The summed E-state index contributed by atoms with van der Waals surface area (Å²) in [5.74, 6) is -1.06. The summed E-state index contributed by atoms with van der Waals surface area (Å²) in [5, 5.41) is 8.04. The Kier molecular flexibility index (Phi) is 3.44. The average Bonchev–Trinajstić information content (AvgIpc) is 3.10. The van der Waals surface area contributed by atoms with Crippen molar-refractivity contribution in [2.45, 2.75) is 17.5 Å². The maximum atomic E-state index is 13.2. The summed E-state index contributed by atoms with van der Waals surface area (Å²) >= 11 is 0. The number of carbonyl (C=O) groups is 1. The van der Waals surface area contributed by atoms with Gasteiger partial charge in [-0.2, -0.15) is 4.98 Å². The first-order valence-electron chi connectivity index (χ1n) is 6.53. The molecule has 2 N–H and O–H groups in total. The Morgan fingerprint density at radius 3 is 2.86 bits per heavy atom. The molecule has 2 atom stereocenters. The number of benzene rings is 1. The van der Waals surface area contributed by atoms with E-state index in [9.17, 15) is 17.6 Å². The minimum absolute atomic E-state index is 0.0379. The molecule has 2 aromatic rings. The molecule has 3 rings (SSSR count). The third kappa shape index (κ3) is 2.98. The van der Waals surface area contributed by atoms with Gasteiger partial charge in [-0.15, -0.1) is 5.10 Å². The smallest absolute Gasteiger partial charge is 0.249 e. The summed E-state index contributed by atoms with van der Waals surface area (Å²) in [6, 6.07) is 6.13. The van der Waals surface area contributed by atoms with Gasteiger partial charge in [0, 0.05) is 12.2 Å². The molecule has 22 heavy (non-hydrogen) atoms. The fraction of sp³-hybridized carbons (Fsp3) is 0.308. The maximum Gasteiger partial charge on any atom is 0.249 e. The van der Waals surface area contributed by atoms with E-state index in [1.165, 1.54) is 12.1 Å². The van der Waals surface area contributed by atoms with Gasteiger partial charge >= 0.3 is 0 Å². The summed E-state index contributed by atoms with van der Waals surface area (Å²) in [5.41, 5.74) is 0.770. The molecule has 0 bridgehead atoms. The van der Waals surface area contributed by atoms with Crippen molar-refractivity contribution in [3.8, 4) is 0 Å². The van der Waals surface area contributed by atoms with Crippen molar-refractivity contribution in [3.63, 3.8) is 0 Å². The molecule has 1 aromatic carbocycles. The van der Waals surface area contributed by atoms with Crippen LogP contribution >= 0.6 is 0 Å². The first-order chi connectivity index (χ1) is 10.3. The number of hydrogen-bond donors (Lipinski definition) is 2. The van der Waals surface area contributed by atoms with E-state index >= 15 is 0 Å². The Labute approximate surface area is 125 Å². The Morgan fingerprint density at radius 1 is 1.45 bits per heavy atom. The van der Waals surface area contributed by atoms with Crippen LogP contribution in [0.2, 0.25) is 0 Å². The van der Waals surface area contributed by atoms with E-state index in [1.54, 1.807) is 12.1 Å². The highest BCUT2D eigenvalue weighted by atomic mass is 32.2. The van der Waals surface area contributed by atoms with Gasteiger partial charge in [-0.3, -0.25) is 10.1 Å². The maximum absolute atomic E-state index is 13.2. The Bertz CT molecular complexity index is 833. The summed E-state index contributed by atoms with van der Waals surface area (Å²) in [7, 11) is -3.50. The minimum Gasteiger partial charge on any atom is -0.293 e. The molecule has 1 saturated carbocycles. The van der Waals surface area contributed by atoms with Crippen molar-refractivity contribution in [3.05, 3.63) is 35.6 Å². The molecule has 9 heteroatoms. The number of carbonyl (C=O) groups excluding carboxylic acids is 1. The average molecular weight is 324 g/mol. The summed E-state index contributed by atoms with van der Waals surface area (Å²) in [4.78, 5) is 15.8. The quantitative estimate of drug-likeness (QED) is 0.876. The zero-order valence-corrected chi connectivity index (χ0v) is 12.4. The van der Waals surface area contributed by atoms with Crippen molar-refractivity contribution in [2.24, 2.45) is 5.92 Å². The molecule has 7 nitrogen and oxygen atoms in total. The van der Waals surface area contributed by atoms with E-state index in [2.05, 4.69) is 20.5 Å². The number of nitrogens with zero attached hydrogens (tertiary/aromatic N) is 2. The van der Waals surface area contributed by atoms with Crippen LogP contribution in [0.5, 0.6) is 0 Å². The van der Waals surface area contributed by atoms with Crippen LogP contribution in [0.25, 0.3) is 0 Å². The van der Waals surface area contributed by atoms with Crippen LogP contribution in [-0.4, -0.2) is 35.8 Å². The largest absolute Gasteiger partial charge is 0.293 e.